The molecule has 3 aromatic carbocycles. The Hall–Kier alpha value is -5.75. The van der Waals surface area contributed by atoms with E-state index in [1.165, 1.54) is 0 Å². The predicted molar refractivity (Wildman–Crippen MR) is 177 cm³/mol. The highest BCUT2D eigenvalue weighted by atomic mass is 15.1. The second kappa shape index (κ2) is 12.0. The van der Waals surface area contributed by atoms with Gasteiger partial charge in [-0.2, -0.15) is 0 Å². The van der Waals surface area contributed by atoms with E-state index in [1.807, 2.05) is 122 Å². The minimum atomic E-state index is 0.553. The van der Waals surface area contributed by atoms with Crippen molar-refractivity contribution in [2.24, 2.45) is 0 Å². The van der Waals surface area contributed by atoms with Crippen molar-refractivity contribution in [3.63, 3.8) is 0 Å². The molecule has 0 radical (unpaired) electrons. The summed E-state index contributed by atoms with van der Waals surface area (Å²) in [6, 6.07) is 28.0. The fourth-order valence-corrected chi connectivity index (χ4v) is 5.18. The number of nitrogens with zero attached hydrogens (tertiary/aromatic N) is 6. The molecular formula is C37H30N6. The zero-order valence-electron chi connectivity index (χ0n) is 24.1. The Morgan fingerprint density at radius 3 is 1.65 bits per heavy atom. The maximum Gasteiger partial charge on any atom is 0.164 e. The predicted octanol–water partition coefficient (Wildman–Crippen LogP) is 8.96. The first kappa shape index (κ1) is 27.4. The fraction of sp³-hybridized carbons (Fsp3) is 0.0541. The SMILES string of the molecule is C=C(/C=C\C)N(C(=C)/C=C\C)c1cccc(-c2nc(-c3cccc4ncccc34)nc(-c3cccc4ncccc34)n2)c1. The van der Waals surface area contributed by atoms with Crippen LogP contribution in [0.5, 0.6) is 0 Å². The average Bonchev–Trinajstić information content (AvgIpc) is 3.04. The summed E-state index contributed by atoms with van der Waals surface area (Å²) in [4.78, 5) is 26.2. The van der Waals surface area contributed by atoms with Gasteiger partial charge in [0.1, 0.15) is 0 Å². The number of hydrogen-bond donors (Lipinski definition) is 0. The van der Waals surface area contributed by atoms with Crippen LogP contribution in [0, 0.1) is 0 Å². The molecule has 43 heavy (non-hydrogen) atoms. The smallest absolute Gasteiger partial charge is 0.164 e. The molecule has 6 heteroatoms. The maximum atomic E-state index is 5.04. The molecule has 0 aliphatic rings. The molecule has 0 aliphatic heterocycles. The molecule has 208 valence electrons. The normalized spacial score (nSPS) is 11.5. The van der Waals surface area contributed by atoms with Crippen LogP contribution in [0.15, 0.2) is 146 Å². The van der Waals surface area contributed by atoms with E-state index in [0.717, 1.165) is 55.6 Å². The zero-order chi connectivity index (χ0) is 29.8. The van der Waals surface area contributed by atoms with Crippen molar-refractivity contribution in [3.05, 3.63) is 146 Å². The minimum absolute atomic E-state index is 0.553. The lowest BCUT2D eigenvalue weighted by molar-refractivity contribution is 1.08. The van der Waals surface area contributed by atoms with E-state index in [2.05, 4.69) is 29.2 Å². The molecule has 0 spiro atoms. The molecule has 0 fully saturated rings. The van der Waals surface area contributed by atoms with Gasteiger partial charge in [0.15, 0.2) is 17.5 Å². The first-order valence-corrected chi connectivity index (χ1v) is 14.1. The Balaban J connectivity index is 1.58. The molecule has 0 bridgehead atoms. The summed E-state index contributed by atoms with van der Waals surface area (Å²) >= 11 is 0. The third-order valence-corrected chi connectivity index (χ3v) is 7.06. The molecule has 0 saturated heterocycles. The third kappa shape index (κ3) is 5.46. The van der Waals surface area contributed by atoms with Crippen molar-refractivity contribution in [1.82, 2.24) is 24.9 Å². The number of anilines is 1. The van der Waals surface area contributed by atoms with Crippen molar-refractivity contribution in [2.75, 3.05) is 4.90 Å². The highest BCUT2D eigenvalue weighted by Gasteiger charge is 2.18. The molecule has 0 aliphatic carbocycles. The molecular weight excluding hydrogens is 528 g/mol. The standard InChI is InChI=1S/C37H30N6/c1-5-12-25(3)43(26(4)13-6-2)28-15-7-14-27(24-28)35-40-36(31-16-8-20-33-29(31)18-10-22-38-33)42-37(41-35)32-17-9-21-34-30(32)19-11-23-39-34/h5-24H,3-4H2,1-2H3/b12-5-,13-6-. The molecule has 6 aromatic rings. The number of pyridine rings is 2. The van der Waals surface area contributed by atoms with E-state index >= 15 is 0 Å². The summed E-state index contributed by atoms with van der Waals surface area (Å²) in [5.41, 5.74) is 6.85. The Morgan fingerprint density at radius 1 is 0.605 bits per heavy atom. The number of aromatic nitrogens is 5. The molecule has 3 heterocycles. The van der Waals surface area contributed by atoms with Gasteiger partial charge >= 0.3 is 0 Å². The quantitative estimate of drug-likeness (QED) is 0.174. The van der Waals surface area contributed by atoms with Crippen LogP contribution in [-0.2, 0) is 0 Å². The second-order valence-electron chi connectivity index (χ2n) is 9.93. The lowest BCUT2D eigenvalue weighted by atomic mass is 10.1. The van der Waals surface area contributed by atoms with E-state index in [0.29, 0.717) is 17.5 Å². The summed E-state index contributed by atoms with van der Waals surface area (Å²) in [7, 11) is 0. The van der Waals surface area contributed by atoms with Gasteiger partial charge in [0, 0.05) is 56.9 Å². The van der Waals surface area contributed by atoms with Gasteiger partial charge in [0.2, 0.25) is 0 Å². The first-order valence-electron chi connectivity index (χ1n) is 14.1. The van der Waals surface area contributed by atoms with Gasteiger partial charge in [-0.05, 0) is 62.4 Å². The lowest BCUT2D eigenvalue weighted by Crippen LogP contribution is -2.18. The second-order valence-corrected chi connectivity index (χ2v) is 9.93. The Kier molecular flexibility index (Phi) is 7.66. The van der Waals surface area contributed by atoms with Gasteiger partial charge in [-0.25, -0.2) is 15.0 Å². The summed E-state index contributed by atoms with van der Waals surface area (Å²) in [6.45, 7) is 12.5. The molecule has 0 N–H and O–H groups in total. The largest absolute Gasteiger partial charge is 0.312 e. The van der Waals surface area contributed by atoms with Crippen molar-refractivity contribution >= 4 is 27.5 Å². The fourth-order valence-electron chi connectivity index (χ4n) is 5.18. The first-order chi connectivity index (χ1) is 21.1. The number of benzene rings is 3. The average molecular weight is 559 g/mol. The van der Waals surface area contributed by atoms with Gasteiger partial charge in [-0.3, -0.25) is 9.97 Å². The van der Waals surface area contributed by atoms with Gasteiger partial charge < -0.3 is 4.90 Å². The molecule has 0 atom stereocenters. The molecule has 3 aromatic heterocycles. The number of fused-ring (bicyclic) bond motifs is 2. The molecule has 6 rings (SSSR count). The summed E-state index contributed by atoms with van der Waals surface area (Å²) in [6.07, 6.45) is 11.4. The highest BCUT2D eigenvalue weighted by molar-refractivity contribution is 5.95. The van der Waals surface area contributed by atoms with Crippen LogP contribution in [0.1, 0.15) is 13.8 Å². The highest BCUT2D eigenvalue weighted by Crippen LogP contribution is 2.33. The number of rotatable bonds is 8. The van der Waals surface area contributed by atoms with E-state index in [-0.39, 0.29) is 0 Å². The third-order valence-electron chi connectivity index (χ3n) is 7.06. The summed E-state index contributed by atoms with van der Waals surface area (Å²) < 4.78 is 0. The monoisotopic (exact) mass is 558 g/mol. The van der Waals surface area contributed by atoms with Crippen LogP contribution in [0.3, 0.4) is 0 Å². The zero-order valence-corrected chi connectivity index (χ0v) is 24.1. The lowest BCUT2D eigenvalue weighted by Gasteiger charge is -2.26. The van der Waals surface area contributed by atoms with Crippen LogP contribution >= 0.6 is 0 Å². The van der Waals surface area contributed by atoms with Crippen LogP contribution in [0.2, 0.25) is 0 Å². The van der Waals surface area contributed by atoms with Crippen LogP contribution < -0.4 is 4.90 Å². The van der Waals surface area contributed by atoms with Crippen LogP contribution in [-0.4, -0.2) is 24.9 Å². The van der Waals surface area contributed by atoms with Gasteiger partial charge in [-0.1, -0.05) is 73.8 Å². The Labute approximate surface area is 251 Å². The van der Waals surface area contributed by atoms with Crippen molar-refractivity contribution in [1.29, 1.82) is 0 Å². The van der Waals surface area contributed by atoms with Gasteiger partial charge in [-0.15, -0.1) is 0 Å². The van der Waals surface area contributed by atoms with Crippen molar-refractivity contribution in [2.45, 2.75) is 13.8 Å². The molecule has 0 unspecified atom stereocenters. The topological polar surface area (TPSA) is 67.7 Å². The number of allylic oxidation sites excluding steroid dienone is 4. The maximum absolute atomic E-state index is 5.04. The molecule has 6 nitrogen and oxygen atoms in total. The minimum Gasteiger partial charge on any atom is -0.312 e. The molecule has 0 saturated carbocycles. The van der Waals surface area contributed by atoms with Crippen LogP contribution in [0.4, 0.5) is 5.69 Å². The van der Waals surface area contributed by atoms with Crippen LogP contribution in [0.25, 0.3) is 56.0 Å². The van der Waals surface area contributed by atoms with E-state index in [1.54, 1.807) is 12.4 Å². The van der Waals surface area contributed by atoms with E-state index < -0.39 is 0 Å². The van der Waals surface area contributed by atoms with E-state index in [9.17, 15) is 0 Å². The molecule has 0 amide bonds. The summed E-state index contributed by atoms with van der Waals surface area (Å²) in [5, 5.41) is 1.94. The van der Waals surface area contributed by atoms with E-state index in [4.69, 9.17) is 15.0 Å². The summed E-state index contributed by atoms with van der Waals surface area (Å²) in [5.74, 6) is 1.69. The Bertz CT molecular complexity index is 1920. The van der Waals surface area contributed by atoms with Gasteiger partial charge in [0.25, 0.3) is 0 Å². The Morgan fingerprint density at radius 2 is 1.12 bits per heavy atom. The van der Waals surface area contributed by atoms with Gasteiger partial charge in [0.05, 0.1) is 11.0 Å². The van der Waals surface area contributed by atoms with Crippen molar-refractivity contribution < 1.29 is 0 Å². The van der Waals surface area contributed by atoms with Crippen molar-refractivity contribution in [3.8, 4) is 34.2 Å². The number of hydrogen-bond acceptors (Lipinski definition) is 6.